The number of alkyl halides is 1. The molecule has 1 aliphatic carbocycles. The zero-order chi connectivity index (χ0) is 29.6. The molecule has 4 aromatic rings. The number of nitrogens with zero attached hydrogens (tertiary/aromatic N) is 3. The van der Waals surface area contributed by atoms with E-state index in [0.717, 1.165) is 16.5 Å². The molecule has 1 saturated carbocycles. The highest BCUT2D eigenvalue weighted by Gasteiger charge is 2.30. The summed E-state index contributed by atoms with van der Waals surface area (Å²) in [4.78, 5) is 39.2. The Morgan fingerprint density at radius 3 is 2.64 bits per heavy atom. The van der Waals surface area contributed by atoms with Gasteiger partial charge in [-0.3, -0.25) is 9.59 Å². The fourth-order valence-corrected chi connectivity index (χ4v) is 5.28. The summed E-state index contributed by atoms with van der Waals surface area (Å²) in [5, 5.41) is 10.4. The fraction of sp³-hybridized carbons (Fsp3) is 0.290. The van der Waals surface area contributed by atoms with E-state index in [-0.39, 0.29) is 36.7 Å². The zero-order valence-corrected chi connectivity index (χ0v) is 24.2. The van der Waals surface area contributed by atoms with Gasteiger partial charge >= 0.3 is 0 Å². The molecule has 4 N–H and O–H groups in total. The number of aromatic amines is 1. The lowest BCUT2D eigenvalue weighted by molar-refractivity contribution is -0.111. The van der Waals surface area contributed by atoms with Gasteiger partial charge in [-0.2, -0.15) is 0 Å². The van der Waals surface area contributed by atoms with E-state index in [1.54, 1.807) is 30.3 Å². The van der Waals surface area contributed by atoms with E-state index in [0.29, 0.717) is 40.9 Å². The number of amides is 2. The fourth-order valence-electron chi connectivity index (χ4n) is 5.09. The molecule has 3 atom stereocenters. The van der Waals surface area contributed by atoms with Crippen molar-refractivity contribution in [1.29, 1.82) is 0 Å². The van der Waals surface area contributed by atoms with Crippen molar-refractivity contribution in [3.63, 3.8) is 0 Å². The first kappa shape index (κ1) is 29.2. The second-order valence-corrected chi connectivity index (χ2v) is 11.1. The number of nitrogens with one attached hydrogen (secondary N) is 4. The van der Waals surface area contributed by atoms with E-state index in [1.165, 1.54) is 12.3 Å². The predicted molar refractivity (Wildman–Crippen MR) is 165 cm³/mol. The first-order chi connectivity index (χ1) is 20.2. The van der Waals surface area contributed by atoms with Gasteiger partial charge in [0.1, 0.15) is 6.17 Å². The van der Waals surface area contributed by atoms with Gasteiger partial charge in [-0.1, -0.05) is 35.9 Å². The van der Waals surface area contributed by atoms with Gasteiger partial charge in [-0.25, -0.2) is 14.4 Å². The Kier molecular flexibility index (Phi) is 9.14. The highest BCUT2D eigenvalue weighted by molar-refractivity contribution is 6.33. The van der Waals surface area contributed by atoms with Gasteiger partial charge in [0.2, 0.25) is 11.9 Å². The number of carbonyl (C=O) groups excluding carboxylic acids is 2. The number of benzene rings is 2. The molecule has 2 amide bonds. The first-order valence-electron chi connectivity index (χ1n) is 13.8. The molecule has 2 aromatic carbocycles. The Morgan fingerprint density at radius 2 is 1.86 bits per heavy atom. The number of H-pyrrole nitrogens is 1. The quantitative estimate of drug-likeness (QED) is 0.193. The lowest BCUT2D eigenvalue weighted by atomic mass is 9.89. The standard InChI is InChI=1S/C31H33ClFN7O2/c1-40(2)13-5-8-28(41)36-21-11-9-19(10-12-21)30(42)37-22-14-20(33)15-23(16-22)38-31-35-18-26(32)29(39-31)25-17-34-27-7-4-3-6-24(25)27/h3-12,17-18,20,22-23,34H,13-16H2,1-2H3,(H,36,41)(H,37,42)(H,35,38,39)/t20-,22+,23-/m0/s1. The number of anilines is 2. The van der Waals surface area contributed by atoms with E-state index in [9.17, 15) is 14.0 Å². The highest BCUT2D eigenvalue weighted by Crippen LogP contribution is 2.33. The van der Waals surface area contributed by atoms with E-state index in [4.69, 9.17) is 11.6 Å². The van der Waals surface area contributed by atoms with E-state index in [1.807, 2.05) is 49.5 Å². The number of carbonyl (C=O) groups is 2. The van der Waals surface area contributed by atoms with Crippen LogP contribution in [0.4, 0.5) is 16.0 Å². The summed E-state index contributed by atoms with van der Waals surface area (Å²) >= 11 is 6.46. The Bertz CT molecular complexity index is 1590. The molecule has 1 fully saturated rings. The topological polar surface area (TPSA) is 115 Å². The minimum Gasteiger partial charge on any atom is -0.360 e. The largest absolute Gasteiger partial charge is 0.360 e. The Hall–Kier alpha value is -4.28. The molecular formula is C31H33ClFN7O2. The smallest absolute Gasteiger partial charge is 0.251 e. The third kappa shape index (κ3) is 7.32. The van der Waals surface area contributed by atoms with Crippen molar-refractivity contribution in [3.8, 4) is 11.3 Å². The molecule has 218 valence electrons. The third-order valence-corrected chi connectivity index (χ3v) is 7.34. The third-order valence-electron chi connectivity index (χ3n) is 7.06. The van der Waals surface area contributed by atoms with Crippen molar-refractivity contribution >= 4 is 46.0 Å². The molecule has 5 rings (SSSR count). The number of hydrogen-bond acceptors (Lipinski definition) is 6. The van der Waals surface area contributed by atoms with Gasteiger partial charge in [0.15, 0.2) is 0 Å². The molecule has 0 radical (unpaired) electrons. The SMILES string of the molecule is CN(C)CC=CC(=O)Nc1ccc(C(=O)N[C@@H]2C[C@H](F)C[C@H](Nc3ncc(Cl)c(-c4c[nH]c5ccccc45)n3)C2)cc1. The summed E-state index contributed by atoms with van der Waals surface area (Å²) in [7, 11) is 3.83. The summed E-state index contributed by atoms with van der Waals surface area (Å²) in [6.45, 7) is 0.655. The van der Waals surface area contributed by atoms with Crippen LogP contribution in [0.3, 0.4) is 0 Å². The number of para-hydroxylation sites is 1. The second-order valence-electron chi connectivity index (χ2n) is 10.7. The van der Waals surface area contributed by atoms with Gasteiger partial charge in [0, 0.05) is 58.6 Å². The van der Waals surface area contributed by atoms with E-state index >= 15 is 0 Å². The van der Waals surface area contributed by atoms with Crippen LogP contribution in [0.2, 0.25) is 5.02 Å². The van der Waals surface area contributed by atoms with Crippen molar-refractivity contribution < 1.29 is 14.0 Å². The van der Waals surface area contributed by atoms with Gasteiger partial charge in [0.05, 0.1) is 16.9 Å². The molecule has 0 saturated heterocycles. The maximum absolute atomic E-state index is 14.8. The molecule has 1 aliphatic rings. The lowest BCUT2D eigenvalue weighted by Gasteiger charge is -2.32. The first-order valence-corrected chi connectivity index (χ1v) is 14.2. The van der Waals surface area contributed by atoms with Crippen molar-refractivity contribution in [2.24, 2.45) is 0 Å². The van der Waals surface area contributed by atoms with Crippen molar-refractivity contribution in [3.05, 3.63) is 83.7 Å². The molecule has 0 bridgehead atoms. The molecule has 0 spiro atoms. The zero-order valence-electron chi connectivity index (χ0n) is 23.4. The molecule has 0 aliphatic heterocycles. The minimum absolute atomic E-state index is 0.222. The van der Waals surface area contributed by atoms with Crippen molar-refractivity contribution in [2.45, 2.75) is 37.5 Å². The molecule has 9 nitrogen and oxygen atoms in total. The van der Waals surface area contributed by atoms with Crippen LogP contribution in [0.1, 0.15) is 29.6 Å². The molecule has 11 heteroatoms. The minimum atomic E-state index is -1.10. The average molecular weight is 590 g/mol. The van der Waals surface area contributed by atoms with E-state index < -0.39 is 6.17 Å². The van der Waals surface area contributed by atoms with Crippen LogP contribution < -0.4 is 16.0 Å². The van der Waals surface area contributed by atoms with Gasteiger partial charge in [0.25, 0.3) is 5.91 Å². The summed E-state index contributed by atoms with van der Waals surface area (Å²) in [5.74, 6) is -0.207. The maximum atomic E-state index is 14.8. The van der Waals surface area contributed by atoms with Crippen LogP contribution >= 0.6 is 11.6 Å². The summed E-state index contributed by atoms with van der Waals surface area (Å²) in [5.41, 5.74) is 3.39. The van der Waals surface area contributed by atoms with Gasteiger partial charge in [-0.15, -0.1) is 0 Å². The number of rotatable bonds is 9. The Labute approximate surface area is 248 Å². The second kappa shape index (κ2) is 13.1. The molecule has 2 heterocycles. The monoisotopic (exact) mass is 589 g/mol. The number of halogens is 2. The predicted octanol–water partition coefficient (Wildman–Crippen LogP) is 5.44. The maximum Gasteiger partial charge on any atom is 0.251 e. The average Bonchev–Trinajstić information content (AvgIpc) is 3.38. The van der Waals surface area contributed by atoms with Crippen molar-refractivity contribution in [1.82, 2.24) is 25.2 Å². The lowest BCUT2D eigenvalue weighted by Crippen LogP contribution is -2.45. The summed E-state index contributed by atoms with van der Waals surface area (Å²) in [6, 6.07) is 13.8. The Morgan fingerprint density at radius 1 is 1.10 bits per heavy atom. The highest BCUT2D eigenvalue weighted by atomic mass is 35.5. The Balaban J connectivity index is 1.20. The van der Waals surface area contributed by atoms with Crippen LogP contribution in [0.15, 0.2) is 73.1 Å². The number of fused-ring (bicyclic) bond motifs is 1. The van der Waals surface area contributed by atoms with Crippen LogP contribution in [-0.2, 0) is 4.79 Å². The van der Waals surface area contributed by atoms with Crippen LogP contribution in [0.5, 0.6) is 0 Å². The van der Waals surface area contributed by atoms with E-state index in [2.05, 4.69) is 30.9 Å². The van der Waals surface area contributed by atoms with Crippen molar-refractivity contribution in [2.75, 3.05) is 31.3 Å². The normalized spacial score (nSPS) is 18.8. The van der Waals surface area contributed by atoms with Gasteiger partial charge < -0.3 is 25.8 Å². The summed E-state index contributed by atoms with van der Waals surface area (Å²) < 4.78 is 14.8. The molecule has 42 heavy (non-hydrogen) atoms. The van der Waals surface area contributed by atoms with Crippen LogP contribution in [0, 0.1) is 0 Å². The number of hydrogen-bond donors (Lipinski definition) is 4. The molecule has 0 unspecified atom stereocenters. The van der Waals surface area contributed by atoms with Crippen LogP contribution in [0.25, 0.3) is 22.2 Å². The number of aromatic nitrogens is 3. The van der Waals surface area contributed by atoms with Gasteiger partial charge in [-0.05, 0) is 63.7 Å². The summed E-state index contributed by atoms with van der Waals surface area (Å²) in [6.07, 6.45) is 6.54. The number of likely N-dealkylation sites (N-methyl/N-ethyl adjacent to an activating group) is 1. The molecule has 2 aromatic heterocycles. The molecular weight excluding hydrogens is 557 g/mol. The van der Waals surface area contributed by atoms with Crippen LogP contribution in [-0.4, -0.2) is 70.6 Å².